The quantitative estimate of drug-likeness (QED) is 0.897. The van der Waals surface area contributed by atoms with E-state index >= 15 is 0 Å². The van der Waals surface area contributed by atoms with Crippen LogP contribution in [0.5, 0.6) is 0 Å². The highest BCUT2D eigenvalue weighted by molar-refractivity contribution is 9.10. The molecule has 0 saturated heterocycles. The highest BCUT2D eigenvalue weighted by atomic mass is 79.9. The number of carbonyl (C=O) groups excluding carboxylic acids is 1. The van der Waals surface area contributed by atoms with E-state index in [1.54, 1.807) is 6.92 Å². The maximum absolute atomic E-state index is 13.4. The molecule has 1 aromatic carbocycles. The van der Waals surface area contributed by atoms with Crippen LogP contribution in [-0.4, -0.2) is 19.0 Å². The molecule has 16 heavy (non-hydrogen) atoms. The maximum atomic E-state index is 13.4. The Bertz CT molecular complexity index is 389. The van der Waals surface area contributed by atoms with Gasteiger partial charge in [-0.3, -0.25) is 4.79 Å². The van der Waals surface area contributed by atoms with E-state index in [0.29, 0.717) is 0 Å². The Morgan fingerprint density at radius 3 is 2.56 bits per heavy atom. The number of hydrogen-bond donors (Lipinski definition) is 2. The van der Waals surface area contributed by atoms with Gasteiger partial charge in [-0.2, -0.15) is 0 Å². The summed E-state index contributed by atoms with van der Waals surface area (Å²) in [6, 6.07) is 1.27. The highest BCUT2D eigenvalue weighted by Crippen LogP contribution is 2.27. The average Bonchev–Trinajstić information content (AvgIpc) is 2.21. The number of carbonyl (C=O) groups is 1. The zero-order valence-electron chi connectivity index (χ0n) is 8.77. The summed E-state index contributed by atoms with van der Waals surface area (Å²) in [5.41, 5.74) is 0.0671. The lowest BCUT2D eigenvalue weighted by atomic mass is 10.2. The Hall–Kier alpha value is -1.17. The second-order valence-corrected chi connectivity index (χ2v) is 4.08. The predicted molar refractivity (Wildman–Crippen MR) is 61.2 cm³/mol. The van der Waals surface area contributed by atoms with Crippen molar-refractivity contribution in [2.45, 2.75) is 13.0 Å². The molecule has 0 saturated carbocycles. The zero-order valence-corrected chi connectivity index (χ0v) is 10.4. The van der Waals surface area contributed by atoms with Crippen molar-refractivity contribution in [2.75, 3.05) is 12.4 Å². The van der Waals surface area contributed by atoms with Gasteiger partial charge in [-0.1, -0.05) is 0 Å². The number of rotatable bonds is 3. The molecule has 0 aliphatic rings. The van der Waals surface area contributed by atoms with Gasteiger partial charge in [-0.05, 0) is 28.9 Å². The Morgan fingerprint density at radius 1 is 1.44 bits per heavy atom. The average molecular weight is 293 g/mol. The van der Waals surface area contributed by atoms with Gasteiger partial charge in [0.25, 0.3) is 0 Å². The monoisotopic (exact) mass is 292 g/mol. The van der Waals surface area contributed by atoms with Crippen molar-refractivity contribution in [3.05, 3.63) is 28.2 Å². The molecule has 0 spiro atoms. The Labute approximate surface area is 100 Å². The van der Waals surface area contributed by atoms with Gasteiger partial charge in [0.1, 0.15) is 17.7 Å². The standard InChI is InChI=1S/C10H11BrF2N2O/c1-5(10(16)14-2)15-9-7(11)3-6(12)4-8(9)13/h3-5,15H,1-2H3,(H,14,16). The molecule has 1 atom stereocenters. The van der Waals surface area contributed by atoms with Crippen LogP contribution in [0, 0.1) is 11.6 Å². The SMILES string of the molecule is CNC(=O)C(C)Nc1c(F)cc(F)cc1Br. The van der Waals surface area contributed by atoms with E-state index in [4.69, 9.17) is 0 Å². The molecule has 3 nitrogen and oxygen atoms in total. The van der Waals surface area contributed by atoms with E-state index in [0.717, 1.165) is 12.1 Å². The minimum absolute atomic E-state index is 0.0671. The molecule has 0 aliphatic heterocycles. The van der Waals surface area contributed by atoms with Crippen LogP contribution in [0.3, 0.4) is 0 Å². The van der Waals surface area contributed by atoms with E-state index in [2.05, 4.69) is 26.6 Å². The first-order chi connectivity index (χ1) is 7.45. The fourth-order valence-corrected chi connectivity index (χ4v) is 1.70. The van der Waals surface area contributed by atoms with Gasteiger partial charge in [0, 0.05) is 17.6 Å². The molecule has 0 radical (unpaired) electrons. The van der Waals surface area contributed by atoms with Crippen molar-refractivity contribution in [1.29, 1.82) is 0 Å². The summed E-state index contributed by atoms with van der Waals surface area (Å²) in [4.78, 5) is 11.2. The fourth-order valence-electron chi connectivity index (χ4n) is 1.18. The van der Waals surface area contributed by atoms with Crippen LogP contribution >= 0.6 is 15.9 Å². The van der Waals surface area contributed by atoms with Crippen molar-refractivity contribution in [3.63, 3.8) is 0 Å². The first-order valence-corrected chi connectivity index (χ1v) is 5.37. The van der Waals surface area contributed by atoms with Crippen LogP contribution in [0.25, 0.3) is 0 Å². The van der Waals surface area contributed by atoms with Crippen LogP contribution in [0.15, 0.2) is 16.6 Å². The van der Waals surface area contributed by atoms with Crippen molar-refractivity contribution >= 4 is 27.5 Å². The lowest BCUT2D eigenvalue weighted by molar-refractivity contribution is -0.121. The van der Waals surface area contributed by atoms with Crippen LogP contribution in [-0.2, 0) is 4.79 Å². The molecular formula is C10H11BrF2N2O. The van der Waals surface area contributed by atoms with Gasteiger partial charge in [-0.25, -0.2) is 8.78 Å². The molecule has 0 fully saturated rings. The number of halogens is 3. The first kappa shape index (κ1) is 12.9. The summed E-state index contributed by atoms with van der Waals surface area (Å²) >= 11 is 3.02. The summed E-state index contributed by atoms with van der Waals surface area (Å²) in [5, 5.41) is 5.08. The smallest absolute Gasteiger partial charge is 0.241 e. The minimum atomic E-state index is -0.748. The molecular weight excluding hydrogens is 282 g/mol. The van der Waals surface area contributed by atoms with Crippen LogP contribution in [0.1, 0.15) is 6.92 Å². The third-order valence-corrected chi connectivity index (χ3v) is 2.63. The molecule has 1 aromatic rings. The molecule has 0 bridgehead atoms. The summed E-state index contributed by atoms with van der Waals surface area (Å²) in [6.45, 7) is 1.58. The highest BCUT2D eigenvalue weighted by Gasteiger charge is 2.15. The Kier molecular flexibility index (Phi) is 4.23. The number of anilines is 1. The normalized spacial score (nSPS) is 12.1. The molecule has 1 amide bonds. The second kappa shape index (κ2) is 5.25. The lowest BCUT2D eigenvalue weighted by Crippen LogP contribution is -2.35. The number of nitrogens with one attached hydrogen (secondary N) is 2. The van der Waals surface area contributed by atoms with Crippen LogP contribution in [0.2, 0.25) is 0 Å². The van der Waals surface area contributed by atoms with E-state index in [1.165, 1.54) is 7.05 Å². The van der Waals surface area contributed by atoms with Crippen molar-refractivity contribution < 1.29 is 13.6 Å². The number of benzene rings is 1. The van der Waals surface area contributed by atoms with Crippen LogP contribution in [0.4, 0.5) is 14.5 Å². The zero-order chi connectivity index (χ0) is 12.3. The third-order valence-electron chi connectivity index (χ3n) is 2.01. The van der Waals surface area contributed by atoms with Gasteiger partial charge < -0.3 is 10.6 Å². The van der Waals surface area contributed by atoms with Gasteiger partial charge >= 0.3 is 0 Å². The third kappa shape index (κ3) is 2.91. The fraction of sp³-hybridized carbons (Fsp3) is 0.300. The molecule has 0 aromatic heterocycles. The van der Waals surface area contributed by atoms with Gasteiger partial charge in [0.15, 0.2) is 0 Å². The predicted octanol–water partition coefficient (Wildman–Crippen LogP) is 2.27. The summed E-state index contributed by atoms with van der Waals surface area (Å²) < 4.78 is 26.4. The van der Waals surface area contributed by atoms with E-state index in [1.807, 2.05) is 0 Å². The first-order valence-electron chi connectivity index (χ1n) is 4.58. The molecule has 88 valence electrons. The van der Waals surface area contributed by atoms with Crippen molar-refractivity contribution in [3.8, 4) is 0 Å². The van der Waals surface area contributed by atoms with Gasteiger partial charge in [0.2, 0.25) is 5.91 Å². The van der Waals surface area contributed by atoms with E-state index in [9.17, 15) is 13.6 Å². The van der Waals surface area contributed by atoms with Gasteiger partial charge in [0.05, 0.1) is 5.69 Å². The lowest BCUT2D eigenvalue weighted by Gasteiger charge is -2.15. The Balaban J connectivity index is 2.93. The van der Waals surface area contributed by atoms with E-state index < -0.39 is 17.7 Å². The minimum Gasteiger partial charge on any atom is -0.371 e. The molecule has 1 rings (SSSR count). The number of hydrogen-bond acceptors (Lipinski definition) is 2. The topological polar surface area (TPSA) is 41.1 Å². The van der Waals surface area contributed by atoms with Crippen molar-refractivity contribution in [2.24, 2.45) is 0 Å². The van der Waals surface area contributed by atoms with Gasteiger partial charge in [-0.15, -0.1) is 0 Å². The molecule has 1 unspecified atom stereocenters. The molecule has 0 aliphatic carbocycles. The molecule has 6 heteroatoms. The van der Waals surface area contributed by atoms with Crippen LogP contribution < -0.4 is 10.6 Å². The molecule has 0 heterocycles. The maximum Gasteiger partial charge on any atom is 0.241 e. The summed E-state index contributed by atoms with van der Waals surface area (Å²) in [7, 11) is 1.48. The van der Waals surface area contributed by atoms with Crippen molar-refractivity contribution in [1.82, 2.24) is 5.32 Å². The summed E-state index contributed by atoms with van der Waals surface area (Å²) in [6.07, 6.45) is 0. The largest absolute Gasteiger partial charge is 0.371 e. The molecule has 2 N–H and O–H groups in total. The Morgan fingerprint density at radius 2 is 2.06 bits per heavy atom. The second-order valence-electron chi connectivity index (χ2n) is 3.22. The number of amides is 1. The van der Waals surface area contributed by atoms with E-state index in [-0.39, 0.29) is 16.1 Å². The number of likely N-dealkylation sites (N-methyl/N-ethyl adjacent to an activating group) is 1. The summed E-state index contributed by atoms with van der Waals surface area (Å²) in [5.74, 6) is -1.71.